The molecule has 0 saturated heterocycles. The third-order valence-electron chi connectivity index (χ3n) is 2.94. The SMILES string of the molecule is O=C(/C=C/c1ccc([N+](=O)[O-])cc1)NCC#Cc1cccc(Cl)c1. The maximum atomic E-state index is 11.7. The quantitative estimate of drug-likeness (QED) is 0.401. The fraction of sp³-hybridized carbons (Fsp3) is 0.0556. The van der Waals surface area contributed by atoms with Gasteiger partial charge in [0.2, 0.25) is 5.91 Å². The Morgan fingerprint density at radius 2 is 2.00 bits per heavy atom. The van der Waals surface area contributed by atoms with E-state index in [2.05, 4.69) is 17.2 Å². The molecule has 0 unspecified atom stereocenters. The number of hydrogen-bond donors (Lipinski definition) is 1. The average molecular weight is 341 g/mol. The van der Waals surface area contributed by atoms with Gasteiger partial charge in [-0.15, -0.1) is 0 Å². The van der Waals surface area contributed by atoms with Crippen LogP contribution in [0.5, 0.6) is 0 Å². The molecule has 0 fully saturated rings. The molecule has 0 atom stereocenters. The van der Waals surface area contributed by atoms with Gasteiger partial charge in [-0.25, -0.2) is 0 Å². The average Bonchev–Trinajstić information content (AvgIpc) is 2.57. The molecular weight excluding hydrogens is 328 g/mol. The lowest BCUT2D eigenvalue weighted by Gasteiger charge is -1.96. The maximum absolute atomic E-state index is 11.7. The van der Waals surface area contributed by atoms with Crippen molar-refractivity contribution in [3.05, 3.63) is 80.9 Å². The number of carbonyl (C=O) groups is 1. The summed E-state index contributed by atoms with van der Waals surface area (Å²) in [5, 5.41) is 13.8. The van der Waals surface area contributed by atoms with Crippen molar-refractivity contribution in [2.24, 2.45) is 0 Å². The van der Waals surface area contributed by atoms with E-state index in [0.29, 0.717) is 10.6 Å². The van der Waals surface area contributed by atoms with E-state index in [9.17, 15) is 14.9 Å². The second kappa shape index (κ2) is 8.51. The second-order valence-electron chi connectivity index (χ2n) is 4.71. The Morgan fingerprint density at radius 3 is 2.67 bits per heavy atom. The van der Waals surface area contributed by atoms with Crippen LogP contribution in [0, 0.1) is 22.0 Å². The second-order valence-corrected chi connectivity index (χ2v) is 5.15. The lowest BCUT2D eigenvalue weighted by atomic mass is 10.2. The summed E-state index contributed by atoms with van der Waals surface area (Å²) >= 11 is 5.85. The Labute approximate surface area is 144 Å². The van der Waals surface area contributed by atoms with Gasteiger partial charge < -0.3 is 5.32 Å². The highest BCUT2D eigenvalue weighted by molar-refractivity contribution is 6.30. The standard InChI is InChI=1S/C18H13ClN2O3/c19-16-5-1-3-15(13-16)4-2-12-20-18(22)11-8-14-6-9-17(10-7-14)21(23)24/h1,3,5-11,13H,12H2,(H,20,22)/b11-8+. The minimum atomic E-state index is -0.473. The van der Waals surface area contributed by atoms with E-state index in [1.54, 1.807) is 36.4 Å². The summed E-state index contributed by atoms with van der Waals surface area (Å²) in [6, 6.07) is 13.0. The molecule has 0 aliphatic heterocycles. The van der Waals surface area contributed by atoms with E-state index >= 15 is 0 Å². The van der Waals surface area contributed by atoms with Crippen molar-refractivity contribution in [2.75, 3.05) is 6.54 Å². The number of nitro groups is 1. The number of rotatable bonds is 4. The van der Waals surface area contributed by atoms with Gasteiger partial charge >= 0.3 is 0 Å². The molecule has 0 heterocycles. The van der Waals surface area contributed by atoms with Crippen molar-refractivity contribution in [3.8, 4) is 11.8 Å². The third-order valence-corrected chi connectivity index (χ3v) is 3.17. The largest absolute Gasteiger partial charge is 0.342 e. The van der Waals surface area contributed by atoms with Gasteiger partial charge in [-0.2, -0.15) is 0 Å². The lowest BCUT2D eigenvalue weighted by Crippen LogP contribution is -2.20. The highest BCUT2D eigenvalue weighted by Gasteiger charge is 2.02. The summed E-state index contributed by atoms with van der Waals surface area (Å²) in [5.41, 5.74) is 1.48. The summed E-state index contributed by atoms with van der Waals surface area (Å²) in [7, 11) is 0. The van der Waals surface area contributed by atoms with Crippen molar-refractivity contribution < 1.29 is 9.72 Å². The van der Waals surface area contributed by atoms with Crippen LogP contribution in [0.15, 0.2) is 54.6 Å². The van der Waals surface area contributed by atoms with Crippen LogP contribution in [0.3, 0.4) is 0 Å². The number of carbonyl (C=O) groups excluding carboxylic acids is 1. The first-order valence-electron chi connectivity index (χ1n) is 6.99. The van der Waals surface area contributed by atoms with Crippen LogP contribution in [-0.2, 0) is 4.79 Å². The lowest BCUT2D eigenvalue weighted by molar-refractivity contribution is -0.384. The van der Waals surface area contributed by atoms with E-state index in [1.807, 2.05) is 6.07 Å². The summed E-state index contributed by atoms with van der Waals surface area (Å²) in [4.78, 5) is 21.7. The molecule has 2 rings (SSSR count). The monoisotopic (exact) mass is 340 g/mol. The van der Waals surface area contributed by atoms with Crippen LogP contribution >= 0.6 is 11.6 Å². The molecule has 0 spiro atoms. The predicted octanol–water partition coefficient (Wildman–Crippen LogP) is 3.43. The Balaban J connectivity index is 1.84. The van der Waals surface area contributed by atoms with Crippen LogP contribution in [0.1, 0.15) is 11.1 Å². The molecule has 120 valence electrons. The zero-order valence-corrected chi connectivity index (χ0v) is 13.3. The van der Waals surface area contributed by atoms with Crippen molar-refractivity contribution in [3.63, 3.8) is 0 Å². The van der Waals surface area contributed by atoms with E-state index < -0.39 is 4.92 Å². The van der Waals surface area contributed by atoms with Gasteiger partial charge in [-0.05, 0) is 42.0 Å². The first-order valence-corrected chi connectivity index (χ1v) is 7.37. The zero-order valence-electron chi connectivity index (χ0n) is 12.5. The molecule has 2 aromatic carbocycles. The molecule has 2 aromatic rings. The molecule has 0 radical (unpaired) electrons. The summed E-state index contributed by atoms with van der Waals surface area (Å²) in [6.45, 7) is 0.204. The maximum Gasteiger partial charge on any atom is 0.269 e. The molecule has 1 amide bonds. The number of nitrogens with one attached hydrogen (secondary N) is 1. The predicted molar refractivity (Wildman–Crippen MR) is 93.5 cm³/mol. The molecule has 0 saturated carbocycles. The highest BCUT2D eigenvalue weighted by atomic mass is 35.5. The smallest absolute Gasteiger partial charge is 0.269 e. The normalized spacial score (nSPS) is 10.0. The van der Waals surface area contributed by atoms with Crippen LogP contribution < -0.4 is 5.32 Å². The Morgan fingerprint density at radius 1 is 1.25 bits per heavy atom. The molecule has 0 aromatic heterocycles. The Kier molecular flexibility index (Phi) is 6.12. The molecule has 24 heavy (non-hydrogen) atoms. The van der Waals surface area contributed by atoms with Gasteiger partial charge in [-0.3, -0.25) is 14.9 Å². The first kappa shape index (κ1) is 17.3. The van der Waals surface area contributed by atoms with E-state index in [1.165, 1.54) is 18.2 Å². The number of halogens is 1. The molecule has 0 aliphatic rings. The minimum absolute atomic E-state index is 0.00731. The van der Waals surface area contributed by atoms with E-state index in [-0.39, 0.29) is 18.1 Å². The summed E-state index contributed by atoms with van der Waals surface area (Å²) in [6.07, 6.45) is 2.92. The van der Waals surface area contributed by atoms with Crippen LogP contribution in [0.2, 0.25) is 5.02 Å². The Bertz CT molecular complexity index is 833. The van der Waals surface area contributed by atoms with Gasteiger partial charge in [0.25, 0.3) is 5.69 Å². The fourth-order valence-electron chi connectivity index (χ4n) is 1.78. The number of hydrogen-bond acceptors (Lipinski definition) is 3. The first-order chi connectivity index (χ1) is 11.5. The number of amides is 1. The topological polar surface area (TPSA) is 72.2 Å². The molecular formula is C18H13ClN2O3. The number of nitro benzene ring substituents is 1. The van der Waals surface area contributed by atoms with Gasteiger partial charge in [-0.1, -0.05) is 29.5 Å². The van der Waals surface area contributed by atoms with Crippen LogP contribution in [0.25, 0.3) is 6.08 Å². The molecule has 0 aliphatic carbocycles. The van der Waals surface area contributed by atoms with Crippen LogP contribution in [-0.4, -0.2) is 17.4 Å². The third kappa shape index (κ3) is 5.59. The number of nitrogens with zero attached hydrogens (tertiary/aromatic N) is 1. The van der Waals surface area contributed by atoms with Crippen molar-refractivity contribution >= 4 is 29.3 Å². The fourth-order valence-corrected chi connectivity index (χ4v) is 1.97. The van der Waals surface area contributed by atoms with E-state index in [0.717, 1.165) is 5.56 Å². The summed E-state index contributed by atoms with van der Waals surface area (Å²) in [5.74, 6) is 5.43. The number of benzene rings is 2. The van der Waals surface area contributed by atoms with Gasteiger partial charge in [0.15, 0.2) is 0 Å². The Hall–Kier alpha value is -3.10. The molecule has 5 nitrogen and oxygen atoms in total. The zero-order chi connectivity index (χ0) is 17.4. The number of non-ortho nitro benzene ring substituents is 1. The minimum Gasteiger partial charge on any atom is -0.342 e. The molecule has 6 heteroatoms. The van der Waals surface area contributed by atoms with Crippen LogP contribution in [0.4, 0.5) is 5.69 Å². The molecule has 1 N–H and O–H groups in total. The highest BCUT2D eigenvalue weighted by Crippen LogP contribution is 2.12. The molecule has 0 bridgehead atoms. The van der Waals surface area contributed by atoms with Gasteiger partial charge in [0, 0.05) is 28.8 Å². The summed E-state index contributed by atoms with van der Waals surface area (Å²) < 4.78 is 0. The van der Waals surface area contributed by atoms with Crippen molar-refractivity contribution in [1.82, 2.24) is 5.32 Å². The van der Waals surface area contributed by atoms with Gasteiger partial charge in [0.05, 0.1) is 11.5 Å². The van der Waals surface area contributed by atoms with Gasteiger partial charge in [0.1, 0.15) is 0 Å². The van der Waals surface area contributed by atoms with Crippen molar-refractivity contribution in [1.29, 1.82) is 0 Å². The van der Waals surface area contributed by atoms with E-state index in [4.69, 9.17) is 11.6 Å². The van der Waals surface area contributed by atoms with Crippen molar-refractivity contribution in [2.45, 2.75) is 0 Å².